The van der Waals surface area contributed by atoms with Gasteiger partial charge in [-0.05, 0) is 36.8 Å². The number of nitrogens with zero attached hydrogens (tertiary/aromatic N) is 1. The number of aryl methyl sites for hydroxylation is 1. The maximum atomic E-state index is 12.1. The number of para-hydroxylation sites is 1. The third-order valence-corrected chi connectivity index (χ3v) is 4.72. The fraction of sp³-hybridized carbons (Fsp3) is 0.222. The van der Waals surface area contributed by atoms with E-state index in [1.165, 1.54) is 0 Å². The Morgan fingerprint density at radius 1 is 1.22 bits per heavy atom. The molecule has 4 nitrogen and oxygen atoms in total. The molecule has 0 aromatic heterocycles. The first-order chi connectivity index (χ1) is 11.1. The summed E-state index contributed by atoms with van der Waals surface area (Å²) < 4.78 is 0. The minimum Gasteiger partial charge on any atom is -0.326 e. The molecule has 1 aliphatic rings. The standard InChI is InChI=1S/C18H18N2O2S/c1-13-5-4-6-14(11-13)19-17(21)9-10-20-15-7-2-3-8-16(15)23-12-18(20)22/h2-8,11H,9-10,12H2,1H3,(H,19,21). The smallest absolute Gasteiger partial charge is 0.237 e. The summed E-state index contributed by atoms with van der Waals surface area (Å²) in [5.74, 6) is 0.396. The summed E-state index contributed by atoms with van der Waals surface area (Å²) in [6.45, 7) is 2.38. The normalized spacial score (nSPS) is 13.6. The molecule has 2 aromatic carbocycles. The molecule has 0 atom stereocenters. The molecule has 0 bridgehead atoms. The molecule has 5 heteroatoms. The van der Waals surface area contributed by atoms with E-state index in [0.717, 1.165) is 21.8 Å². The van der Waals surface area contributed by atoms with Gasteiger partial charge < -0.3 is 10.2 Å². The van der Waals surface area contributed by atoms with Gasteiger partial charge in [-0.25, -0.2) is 0 Å². The van der Waals surface area contributed by atoms with E-state index < -0.39 is 0 Å². The van der Waals surface area contributed by atoms with Crippen molar-refractivity contribution in [1.82, 2.24) is 0 Å². The molecule has 1 aliphatic heterocycles. The number of hydrogen-bond donors (Lipinski definition) is 1. The van der Waals surface area contributed by atoms with Crippen LogP contribution in [0.25, 0.3) is 0 Å². The lowest BCUT2D eigenvalue weighted by molar-refractivity contribution is -0.117. The van der Waals surface area contributed by atoms with Gasteiger partial charge in [-0.3, -0.25) is 9.59 Å². The predicted molar refractivity (Wildman–Crippen MR) is 93.9 cm³/mol. The first-order valence-corrected chi connectivity index (χ1v) is 8.51. The highest BCUT2D eigenvalue weighted by molar-refractivity contribution is 8.00. The van der Waals surface area contributed by atoms with Crippen LogP contribution in [0, 0.1) is 6.92 Å². The minimum atomic E-state index is -0.0842. The second-order valence-electron chi connectivity index (χ2n) is 5.47. The first kappa shape index (κ1) is 15.6. The summed E-state index contributed by atoms with van der Waals surface area (Å²) in [6.07, 6.45) is 0.276. The molecule has 0 saturated carbocycles. The third kappa shape index (κ3) is 3.74. The Bertz CT molecular complexity index is 745. The van der Waals surface area contributed by atoms with Gasteiger partial charge in [0.05, 0.1) is 11.4 Å². The number of hydrogen-bond acceptors (Lipinski definition) is 3. The van der Waals surface area contributed by atoms with Gasteiger partial charge in [-0.2, -0.15) is 0 Å². The minimum absolute atomic E-state index is 0.0528. The fourth-order valence-corrected chi connectivity index (χ4v) is 3.49. The lowest BCUT2D eigenvalue weighted by Crippen LogP contribution is -2.37. The van der Waals surface area contributed by atoms with Gasteiger partial charge >= 0.3 is 0 Å². The van der Waals surface area contributed by atoms with Gasteiger partial charge in [-0.15, -0.1) is 11.8 Å². The van der Waals surface area contributed by atoms with Crippen LogP contribution in [0.4, 0.5) is 11.4 Å². The number of benzene rings is 2. The molecule has 0 saturated heterocycles. The number of thioether (sulfide) groups is 1. The number of amides is 2. The molecule has 0 radical (unpaired) electrons. The Balaban J connectivity index is 1.64. The van der Waals surface area contributed by atoms with Crippen molar-refractivity contribution in [3.05, 3.63) is 54.1 Å². The Kier molecular flexibility index (Phi) is 4.67. The molecule has 23 heavy (non-hydrogen) atoms. The van der Waals surface area contributed by atoms with Gasteiger partial charge in [0.1, 0.15) is 0 Å². The highest BCUT2D eigenvalue weighted by Gasteiger charge is 2.24. The first-order valence-electron chi connectivity index (χ1n) is 7.52. The van der Waals surface area contributed by atoms with Gasteiger partial charge in [0.25, 0.3) is 0 Å². The summed E-state index contributed by atoms with van der Waals surface area (Å²) in [6, 6.07) is 15.5. The molecular formula is C18H18N2O2S. The second kappa shape index (κ2) is 6.87. The van der Waals surface area contributed by atoms with Crippen LogP contribution in [-0.4, -0.2) is 24.1 Å². The number of carbonyl (C=O) groups is 2. The Morgan fingerprint density at radius 2 is 2.04 bits per heavy atom. The SMILES string of the molecule is Cc1cccc(NC(=O)CCN2C(=O)CSc3ccccc32)c1. The van der Waals surface area contributed by atoms with E-state index in [4.69, 9.17) is 0 Å². The summed E-state index contributed by atoms with van der Waals surface area (Å²) in [5.41, 5.74) is 2.79. The number of fused-ring (bicyclic) bond motifs is 1. The number of carbonyl (C=O) groups excluding carboxylic acids is 2. The maximum absolute atomic E-state index is 12.1. The molecule has 3 rings (SSSR count). The van der Waals surface area contributed by atoms with Crippen LogP contribution < -0.4 is 10.2 Å². The van der Waals surface area contributed by atoms with Crippen LogP contribution in [0.1, 0.15) is 12.0 Å². The quantitative estimate of drug-likeness (QED) is 0.936. The summed E-state index contributed by atoms with van der Waals surface area (Å²) >= 11 is 1.55. The Hall–Kier alpha value is -2.27. The van der Waals surface area contributed by atoms with Crippen LogP contribution in [0.2, 0.25) is 0 Å². The van der Waals surface area contributed by atoms with E-state index in [9.17, 15) is 9.59 Å². The van der Waals surface area contributed by atoms with E-state index >= 15 is 0 Å². The second-order valence-corrected chi connectivity index (χ2v) is 6.49. The lowest BCUT2D eigenvalue weighted by Gasteiger charge is -2.28. The van der Waals surface area contributed by atoms with Gasteiger partial charge in [0.2, 0.25) is 11.8 Å². The molecule has 0 spiro atoms. The van der Waals surface area contributed by atoms with Gasteiger partial charge in [0, 0.05) is 23.5 Å². The largest absolute Gasteiger partial charge is 0.326 e. The van der Waals surface area contributed by atoms with Crippen LogP contribution in [0.15, 0.2) is 53.4 Å². The van der Waals surface area contributed by atoms with E-state index in [0.29, 0.717) is 12.3 Å². The van der Waals surface area contributed by atoms with Crippen molar-refractivity contribution in [2.24, 2.45) is 0 Å². The van der Waals surface area contributed by atoms with Crippen molar-refractivity contribution in [2.45, 2.75) is 18.2 Å². The van der Waals surface area contributed by atoms with Crippen molar-refractivity contribution in [3.63, 3.8) is 0 Å². The third-order valence-electron chi connectivity index (χ3n) is 3.67. The van der Waals surface area contributed by atoms with Crippen molar-refractivity contribution >= 4 is 35.0 Å². The summed E-state index contributed by atoms with van der Waals surface area (Å²) in [7, 11) is 0. The van der Waals surface area contributed by atoms with E-state index in [1.54, 1.807) is 16.7 Å². The Labute approximate surface area is 139 Å². The molecule has 118 valence electrons. The fourth-order valence-electron chi connectivity index (χ4n) is 2.56. The van der Waals surface area contributed by atoms with Crippen LogP contribution in [0.5, 0.6) is 0 Å². The average Bonchev–Trinajstić information content (AvgIpc) is 2.54. The Morgan fingerprint density at radius 3 is 2.87 bits per heavy atom. The number of anilines is 2. The highest BCUT2D eigenvalue weighted by Crippen LogP contribution is 2.34. The monoisotopic (exact) mass is 326 g/mol. The lowest BCUT2D eigenvalue weighted by atomic mass is 10.2. The average molecular weight is 326 g/mol. The molecule has 1 N–H and O–H groups in total. The molecule has 1 heterocycles. The number of nitrogens with one attached hydrogen (secondary N) is 1. The zero-order valence-corrected chi connectivity index (χ0v) is 13.7. The summed E-state index contributed by atoms with van der Waals surface area (Å²) in [4.78, 5) is 27.1. The van der Waals surface area contributed by atoms with Crippen LogP contribution in [-0.2, 0) is 9.59 Å². The van der Waals surface area contributed by atoms with Gasteiger partial charge in [-0.1, -0.05) is 24.3 Å². The van der Waals surface area contributed by atoms with E-state index in [-0.39, 0.29) is 18.2 Å². The highest BCUT2D eigenvalue weighted by atomic mass is 32.2. The van der Waals surface area contributed by atoms with E-state index in [1.807, 2.05) is 55.5 Å². The van der Waals surface area contributed by atoms with Gasteiger partial charge in [0.15, 0.2) is 0 Å². The number of rotatable bonds is 4. The zero-order chi connectivity index (χ0) is 16.2. The molecule has 0 aliphatic carbocycles. The van der Waals surface area contributed by atoms with Crippen molar-refractivity contribution in [1.29, 1.82) is 0 Å². The molecular weight excluding hydrogens is 308 g/mol. The van der Waals surface area contributed by atoms with E-state index in [2.05, 4.69) is 5.32 Å². The van der Waals surface area contributed by atoms with Crippen LogP contribution in [0.3, 0.4) is 0 Å². The zero-order valence-electron chi connectivity index (χ0n) is 12.9. The van der Waals surface area contributed by atoms with Crippen molar-refractivity contribution in [2.75, 3.05) is 22.5 Å². The van der Waals surface area contributed by atoms with Crippen LogP contribution >= 0.6 is 11.8 Å². The molecule has 0 unspecified atom stereocenters. The predicted octanol–water partition coefficient (Wildman–Crippen LogP) is 3.46. The van der Waals surface area contributed by atoms with Crippen molar-refractivity contribution < 1.29 is 9.59 Å². The molecule has 2 amide bonds. The van der Waals surface area contributed by atoms with Crippen molar-refractivity contribution in [3.8, 4) is 0 Å². The summed E-state index contributed by atoms with van der Waals surface area (Å²) in [5, 5.41) is 2.88. The maximum Gasteiger partial charge on any atom is 0.237 e. The topological polar surface area (TPSA) is 49.4 Å². The molecule has 0 fully saturated rings. The molecule has 2 aromatic rings.